The van der Waals surface area contributed by atoms with Crippen LogP contribution in [0, 0.1) is 5.92 Å². The molecule has 1 fully saturated rings. The molecule has 1 aromatic heterocycles. The van der Waals surface area contributed by atoms with E-state index < -0.39 is 0 Å². The van der Waals surface area contributed by atoms with Crippen LogP contribution in [-0.4, -0.2) is 36.1 Å². The average Bonchev–Trinajstić information content (AvgIpc) is 2.60. The van der Waals surface area contributed by atoms with Gasteiger partial charge in [-0.2, -0.15) is 0 Å². The van der Waals surface area contributed by atoms with E-state index in [0.717, 1.165) is 44.7 Å². The molecule has 0 amide bonds. The molecule has 0 radical (unpaired) electrons. The summed E-state index contributed by atoms with van der Waals surface area (Å²) in [7, 11) is 0. The van der Waals surface area contributed by atoms with Crippen molar-refractivity contribution in [3.05, 3.63) is 52.4 Å². The molecule has 5 nitrogen and oxygen atoms in total. The number of piperazine rings is 1. The number of aryl methyl sites for hydroxylation is 1. The summed E-state index contributed by atoms with van der Waals surface area (Å²) in [5.41, 5.74) is 2.10. The lowest BCUT2D eigenvalue weighted by Gasteiger charge is -2.36. The number of hydrogen-bond acceptors (Lipinski definition) is 4. The Morgan fingerprint density at radius 3 is 2.42 bits per heavy atom. The van der Waals surface area contributed by atoms with E-state index in [-0.39, 0.29) is 5.56 Å². The molecule has 1 aromatic carbocycles. The van der Waals surface area contributed by atoms with Crippen LogP contribution < -0.4 is 15.4 Å². The number of H-pyrrole nitrogens is 1. The fourth-order valence-electron chi connectivity index (χ4n) is 3.02. The fraction of sp³-hybridized carbons (Fsp3) is 0.474. The van der Waals surface area contributed by atoms with E-state index in [2.05, 4.69) is 57.9 Å². The topological polar surface area (TPSA) is 52.2 Å². The van der Waals surface area contributed by atoms with Gasteiger partial charge in [-0.3, -0.25) is 9.78 Å². The minimum atomic E-state index is -0.0516. The average molecular weight is 326 g/mol. The number of hydrogen-bond donors (Lipinski definition) is 1. The number of para-hydroxylation sites is 1. The van der Waals surface area contributed by atoms with Crippen LogP contribution in [0.4, 0.5) is 11.6 Å². The number of aromatic amines is 1. The Kier molecular flexibility index (Phi) is 5.18. The summed E-state index contributed by atoms with van der Waals surface area (Å²) in [6.07, 6.45) is 1.91. The number of nitrogens with zero attached hydrogens (tertiary/aromatic N) is 3. The molecule has 1 aliphatic rings. The van der Waals surface area contributed by atoms with E-state index in [1.165, 1.54) is 5.69 Å². The van der Waals surface area contributed by atoms with Crippen molar-refractivity contribution < 1.29 is 0 Å². The van der Waals surface area contributed by atoms with Gasteiger partial charge in [0.1, 0.15) is 0 Å². The number of rotatable bonds is 5. The predicted octanol–water partition coefficient (Wildman–Crippen LogP) is 2.69. The summed E-state index contributed by atoms with van der Waals surface area (Å²) in [6.45, 7) is 7.98. The largest absolute Gasteiger partial charge is 0.368 e. The fourth-order valence-corrected chi connectivity index (χ4v) is 3.02. The zero-order chi connectivity index (χ0) is 16.9. The Labute approximate surface area is 143 Å². The Hall–Kier alpha value is -2.30. The zero-order valence-corrected chi connectivity index (χ0v) is 14.5. The maximum Gasteiger partial charge on any atom is 0.252 e. The molecule has 3 rings (SSSR count). The molecular formula is C19H26N4O. The Balaban J connectivity index is 1.66. The minimum absolute atomic E-state index is 0.0516. The van der Waals surface area contributed by atoms with Crippen LogP contribution in [0.2, 0.25) is 0 Å². The van der Waals surface area contributed by atoms with Gasteiger partial charge in [-0.1, -0.05) is 32.0 Å². The van der Waals surface area contributed by atoms with Gasteiger partial charge in [-0.05, 0) is 30.9 Å². The standard InChI is InChI=1S/C19H26N4O/c1-15(2)8-9-16-14-18(24)21-19(20-16)23-12-10-22(11-13-23)17-6-4-3-5-7-17/h3-7,14-15H,8-13H2,1-2H3,(H,20,21,24). The molecular weight excluding hydrogens is 300 g/mol. The highest BCUT2D eigenvalue weighted by molar-refractivity contribution is 5.48. The Morgan fingerprint density at radius 1 is 1.08 bits per heavy atom. The summed E-state index contributed by atoms with van der Waals surface area (Å²) in [5.74, 6) is 1.33. The van der Waals surface area contributed by atoms with Crippen molar-refractivity contribution in [3.8, 4) is 0 Å². The SMILES string of the molecule is CC(C)CCc1cc(=O)[nH]c(N2CCN(c3ccccc3)CC2)n1. The van der Waals surface area contributed by atoms with E-state index in [1.54, 1.807) is 6.07 Å². The van der Waals surface area contributed by atoms with Crippen LogP contribution in [0.3, 0.4) is 0 Å². The highest BCUT2D eigenvalue weighted by Gasteiger charge is 2.19. The van der Waals surface area contributed by atoms with Gasteiger partial charge in [0, 0.05) is 43.6 Å². The van der Waals surface area contributed by atoms with Gasteiger partial charge < -0.3 is 9.80 Å². The van der Waals surface area contributed by atoms with Crippen LogP contribution >= 0.6 is 0 Å². The molecule has 128 valence electrons. The quantitative estimate of drug-likeness (QED) is 0.918. The van der Waals surface area contributed by atoms with Crippen molar-refractivity contribution in [1.82, 2.24) is 9.97 Å². The van der Waals surface area contributed by atoms with Crippen LogP contribution in [0.15, 0.2) is 41.2 Å². The lowest BCUT2D eigenvalue weighted by Crippen LogP contribution is -2.47. The van der Waals surface area contributed by atoms with Gasteiger partial charge in [0.25, 0.3) is 5.56 Å². The summed E-state index contributed by atoms with van der Waals surface area (Å²) in [6, 6.07) is 12.1. The first-order chi connectivity index (χ1) is 11.6. The third-order valence-corrected chi connectivity index (χ3v) is 4.46. The zero-order valence-electron chi connectivity index (χ0n) is 14.5. The van der Waals surface area contributed by atoms with Gasteiger partial charge in [-0.25, -0.2) is 4.98 Å². The first-order valence-corrected chi connectivity index (χ1v) is 8.77. The van der Waals surface area contributed by atoms with Crippen LogP contribution in [-0.2, 0) is 6.42 Å². The lowest BCUT2D eigenvalue weighted by atomic mass is 10.1. The second-order valence-electron chi connectivity index (χ2n) is 6.80. The Bertz CT molecular complexity index is 703. The van der Waals surface area contributed by atoms with E-state index in [4.69, 9.17) is 0 Å². The molecule has 2 heterocycles. The summed E-state index contributed by atoms with van der Waals surface area (Å²) in [5, 5.41) is 0. The predicted molar refractivity (Wildman–Crippen MR) is 98.9 cm³/mol. The van der Waals surface area contributed by atoms with E-state index in [1.807, 2.05) is 6.07 Å². The van der Waals surface area contributed by atoms with Crippen LogP contribution in [0.1, 0.15) is 26.0 Å². The van der Waals surface area contributed by atoms with Gasteiger partial charge >= 0.3 is 0 Å². The second kappa shape index (κ2) is 7.51. The lowest BCUT2D eigenvalue weighted by molar-refractivity contribution is 0.578. The minimum Gasteiger partial charge on any atom is -0.368 e. The number of benzene rings is 1. The smallest absolute Gasteiger partial charge is 0.252 e. The number of anilines is 2. The van der Waals surface area contributed by atoms with E-state index in [0.29, 0.717) is 11.9 Å². The van der Waals surface area contributed by atoms with Crippen LogP contribution in [0.5, 0.6) is 0 Å². The van der Waals surface area contributed by atoms with Crippen molar-refractivity contribution >= 4 is 11.6 Å². The molecule has 0 bridgehead atoms. The normalized spacial score (nSPS) is 15.1. The van der Waals surface area contributed by atoms with Gasteiger partial charge in [0.15, 0.2) is 0 Å². The maximum atomic E-state index is 12.0. The highest BCUT2D eigenvalue weighted by atomic mass is 16.1. The van der Waals surface area contributed by atoms with Crippen molar-refractivity contribution in [2.24, 2.45) is 5.92 Å². The first kappa shape index (κ1) is 16.6. The van der Waals surface area contributed by atoms with Gasteiger partial charge in [0.2, 0.25) is 5.95 Å². The monoisotopic (exact) mass is 326 g/mol. The third-order valence-electron chi connectivity index (χ3n) is 4.46. The molecule has 0 saturated carbocycles. The third kappa shape index (κ3) is 4.16. The van der Waals surface area contributed by atoms with Crippen molar-refractivity contribution in [2.75, 3.05) is 36.0 Å². The van der Waals surface area contributed by atoms with E-state index >= 15 is 0 Å². The first-order valence-electron chi connectivity index (χ1n) is 8.77. The Morgan fingerprint density at radius 2 is 1.75 bits per heavy atom. The van der Waals surface area contributed by atoms with Gasteiger partial charge in [-0.15, -0.1) is 0 Å². The molecule has 24 heavy (non-hydrogen) atoms. The maximum absolute atomic E-state index is 12.0. The molecule has 1 N–H and O–H groups in total. The second-order valence-corrected chi connectivity index (χ2v) is 6.80. The summed E-state index contributed by atoms with van der Waals surface area (Å²) >= 11 is 0. The molecule has 0 unspecified atom stereocenters. The van der Waals surface area contributed by atoms with Crippen molar-refractivity contribution in [1.29, 1.82) is 0 Å². The molecule has 0 atom stereocenters. The molecule has 0 spiro atoms. The molecule has 1 saturated heterocycles. The summed E-state index contributed by atoms with van der Waals surface area (Å²) < 4.78 is 0. The van der Waals surface area contributed by atoms with E-state index in [9.17, 15) is 4.79 Å². The molecule has 1 aliphatic heterocycles. The number of aromatic nitrogens is 2. The highest BCUT2D eigenvalue weighted by Crippen LogP contribution is 2.18. The van der Waals surface area contributed by atoms with Crippen LogP contribution in [0.25, 0.3) is 0 Å². The number of nitrogens with one attached hydrogen (secondary N) is 1. The van der Waals surface area contributed by atoms with Crippen molar-refractivity contribution in [2.45, 2.75) is 26.7 Å². The molecule has 5 heteroatoms. The van der Waals surface area contributed by atoms with Crippen molar-refractivity contribution in [3.63, 3.8) is 0 Å². The van der Waals surface area contributed by atoms with Gasteiger partial charge in [0.05, 0.1) is 0 Å². The molecule has 2 aromatic rings. The summed E-state index contributed by atoms with van der Waals surface area (Å²) in [4.78, 5) is 24.1. The molecule has 0 aliphatic carbocycles.